The summed E-state index contributed by atoms with van der Waals surface area (Å²) in [6, 6.07) is 5.78. The van der Waals surface area contributed by atoms with E-state index in [9.17, 15) is 19.2 Å². The van der Waals surface area contributed by atoms with E-state index in [0.29, 0.717) is 24.5 Å². The molecule has 5 rings (SSSR count). The number of nitrogens with one attached hydrogen (secondary N) is 1. The summed E-state index contributed by atoms with van der Waals surface area (Å²) in [4.78, 5) is 53.7. The van der Waals surface area contributed by atoms with Crippen molar-refractivity contribution in [2.75, 3.05) is 19.6 Å². The van der Waals surface area contributed by atoms with Crippen LogP contribution in [0.4, 0.5) is 4.79 Å². The Balaban J connectivity index is 1.26. The molecule has 1 N–H and O–H groups in total. The molecule has 10 nitrogen and oxygen atoms in total. The van der Waals surface area contributed by atoms with E-state index < -0.39 is 17.6 Å². The summed E-state index contributed by atoms with van der Waals surface area (Å²) in [6.07, 6.45) is 2.12. The van der Waals surface area contributed by atoms with Crippen molar-refractivity contribution in [3.8, 4) is 0 Å². The maximum atomic E-state index is 13.0. The lowest BCUT2D eigenvalue weighted by molar-refractivity contribution is -0.135. The van der Waals surface area contributed by atoms with Crippen molar-refractivity contribution in [2.24, 2.45) is 7.05 Å². The number of benzene rings is 1. The van der Waals surface area contributed by atoms with Gasteiger partial charge in [0.05, 0.1) is 11.0 Å². The van der Waals surface area contributed by atoms with Crippen LogP contribution in [-0.4, -0.2) is 74.2 Å². The summed E-state index contributed by atoms with van der Waals surface area (Å²) in [7, 11) is 1.71. The summed E-state index contributed by atoms with van der Waals surface area (Å²) in [5, 5.41) is 2.34. The van der Waals surface area contributed by atoms with Crippen LogP contribution in [0.15, 0.2) is 23.0 Å². The standard InChI is InChI=1S/C25H33N5O5/c1-25(2,3)35-24(34)29-14-16-12-17(29)13-28(16)10-9-15-5-6-18-20(11-15)27(4)23(33)30(18)19-7-8-21(31)26-22(19)32/h5-6,11,16-17,19H,7-10,12-14H2,1-4H3,(H,26,31,32)/t16-,17?,19?/m1/s1. The third-order valence-electron chi connectivity index (χ3n) is 7.35. The number of amides is 3. The van der Waals surface area contributed by atoms with Gasteiger partial charge < -0.3 is 9.64 Å². The fraction of sp³-hybridized carbons (Fsp3) is 0.600. The summed E-state index contributed by atoms with van der Waals surface area (Å²) < 4.78 is 8.63. The summed E-state index contributed by atoms with van der Waals surface area (Å²) >= 11 is 0. The smallest absolute Gasteiger partial charge is 0.410 e. The van der Waals surface area contributed by atoms with E-state index in [2.05, 4.69) is 10.2 Å². The highest BCUT2D eigenvalue weighted by Crippen LogP contribution is 2.32. The number of imide groups is 1. The molecule has 4 heterocycles. The van der Waals surface area contributed by atoms with Gasteiger partial charge in [-0.1, -0.05) is 6.07 Å². The lowest BCUT2D eigenvalue weighted by atomic mass is 10.1. The van der Waals surface area contributed by atoms with E-state index in [1.54, 1.807) is 11.6 Å². The predicted octanol–water partition coefficient (Wildman–Crippen LogP) is 1.55. The highest BCUT2D eigenvalue weighted by atomic mass is 16.6. The Labute approximate surface area is 203 Å². The van der Waals surface area contributed by atoms with Gasteiger partial charge in [-0.05, 0) is 57.7 Å². The zero-order valence-corrected chi connectivity index (χ0v) is 20.7. The topological polar surface area (TPSA) is 106 Å². The van der Waals surface area contributed by atoms with Crippen molar-refractivity contribution in [2.45, 2.75) is 70.2 Å². The lowest BCUT2D eigenvalue weighted by Crippen LogP contribution is -2.50. The van der Waals surface area contributed by atoms with Gasteiger partial charge in [0, 0.05) is 45.2 Å². The van der Waals surface area contributed by atoms with Gasteiger partial charge in [-0.25, -0.2) is 9.59 Å². The second-order valence-electron chi connectivity index (χ2n) is 10.9. The number of nitrogens with zero attached hydrogens (tertiary/aromatic N) is 4. The maximum absolute atomic E-state index is 13.0. The van der Waals surface area contributed by atoms with Crippen molar-refractivity contribution < 1.29 is 19.1 Å². The number of ether oxygens (including phenoxy) is 1. The van der Waals surface area contributed by atoms with Gasteiger partial charge in [0.15, 0.2) is 0 Å². The van der Waals surface area contributed by atoms with Crippen LogP contribution in [0.25, 0.3) is 11.0 Å². The van der Waals surface area contributed by atoms with Gasteiger partial charge in [0.25, 0.3) is 0 Å². The van der Waals surface area contributed by atoms with Crippen molar-refractivity contribution in [1.29, 1.82) is 0 Å². The molecule has 3 amide bonds. The fourth-order valence-electron chi connectivity index (χ4n) is 5.63. The van der Waals surface area contributed by atoms with Gasteiger partial charge in [0.1, 0.15) is 11.6 Å². The van der Waals surface area contributed by atoms with Crippen molar-refractivity contribution >= 4 is 28.9 Å². The van der Waals surface area contributed by atoms with Crippen LogP contribution in [0.1, 0.15) is 51.6 Å². The van der Waals surface area contributed by atoms with Crippen molar-refractivity contribution in [3.63, 3.8) is 0 Å². The zero-order chi connectivity index (χ0) is 25.1. The molecule has 1 aromatic heterocycles. The van der Waals surface area contributed by atoms with E-state index in [-0.39, 0.29) is 30.2 Å². The quantitative estimate of drug-likeness (QED) is 0.662. The van der Waals surface area contributed by atoms with Gasteiger partial charge in [-0.15, -0.1) is 0 Å². The Kier molecular flexibility index (Phi) is 5.74. The number of piperazine rings is 1. The Morgan fingerprint density at radius 1 is 1.11 bits per heavy atom. The van der Waals surface area contributed by atoms with E-state index >= 15 is 0 Å². The van der Waals surface area contributed by atoms with E-state index in [1.807, 2.05) is 43.9 Å². The molecule has 35 heavy (non-hydrogen) atoms. The van der Waals surface area contributed by atoms with Crippen LogP contribution < -0.4 is 11.0 Å². The second-order valence-corrected chi connectivity index (χ2v) is 10.9. The number of aromatic nitrogens is 2. The first-order valence-electron chi connectivity index (χ1n) is 12.3. The lowest BCUT2D eigenvalue weighted by Gasteiger charge is -2.35. The number of rotatable bonds is 4. The molecule has 10 heteroatoms. The van der Waals surface area contributed by atoms with Gasteiger partial charge in [0.2, 0.25) is 11.8 Å². The molecule has 3 atom stereocenters. The van der Waals surface area contributed by atoms with E-state index in [4.69, 9.17) is 4.74 Å². The molecule has 0 radical (unpaired) electrons. The molecule has 3 saturated heterocycles. The van der Waals surface area contributed by atoms with E-state index in [1.165, 1.54) is 4.57 Å². The molecule has 0 spiro atoms. The molecule has 3 aliphatic rings. The normalized spacial score (nSPS) is 24.9. The number of imidazole rings is 1. The average Bonchev–Trinajstić information content (AvgIpc) is 3.44. The summed E-state index contributed by atoms with van der Waals surface area (Å²) in [6.45, 7) is 8.07. The summed E-state index contributed by atoms with van der Waals surface area (Å²) in [5.41, 5.74) is 1.83. The Hall–Kier alpha value is -3.14. The molecule has 3 fully saturated rings. The number of carbonyl (C=O) groups excluding carboxylic acids is 3. The number of piperidine rings is 1. The number of fused-ring (bicyclic) bond motifs is 3. The molecule has 0 aliphatic carbocycles. The molecular weight excluding hydrogens is 450 g/mol. The van der Waals surface area contributed by atoms with Crippen molar-refractivity contribution in [3.05, 3.63) is 34.2 Å². The molecule has 1 aromatic carbocycles. The Morgan fingerprint density at radius 2 is 1.89 bits per heavy atom. The molecule has 0 saturated carbocycles. The van der Waals surface area contributed by atoms with Gasteiger partial charge in [-0.2, -0.15) is 0 Å². The first-order valence-corrected chi connectivity index (χ1v) is 12.3. The maximum Gasteiger partial charge on any atom is 0.410 e. The molecule has 2 aromatic rings. The number of likely N-dealkylation sites (tertiary alicyclic amines) is 2. The fourth-order valence-corrected chi connectivity index (χ4v) is 5.63. The number of hydrogen-bond acceptors (Lipinski definition) is 6. The highest BCUT2D eigenvalue weighted by Gasteiger charge is 2.46. The highest BCUT2D eigenvalue weighted by molar-refractivity contribution is 6.00. The van der Waals surface area contributed by atoms with Gasteiger partial charge in [-0.3, -0.25) is 28.9 Å². The van der Waals surface area contributed by atoms with E-state index in [0.717, 1.165) is 37.0 Å². The monoisotopic (exact) mass is 483 g/mol. The third kappa shape index (κ3) is 4.35. The van der Waals surface area contributed by atoms with Crippen LogP contribution in [0.3, 0.4) is 0 Å². The second kappa shape index (κ2) is 8.51. The minimum absolute atomic E-state index is 0.195. The third-order valence-corrected chi connectivity index (χ3v) is 7.35. The van der Waals surface area contributed by atoms with Crippen LogP contribution in [-0.2, 0) is 27.8 Å². The minimum atomic E-state index is -0.678. The largest absolute Gasteiger partial charge is 0.444 e. The Morgan fingerprint density at radius 3 is 2.54 bits per heavy atom. The Bertz CT molecular complexity index is 1260. The minimum Gasteiger partial charge on any atom is -0.444 e. The first-order chi connectivity index (χ1) is 16.5. The molecular formula is C25H33N5O5. The number of carbonyl (C=O) groups is 3. The van der Waals surface area contributed by atoms with Crippen LogP contribution in [0.2, 0.25) is 0 Å². The molecule has 3 aliphatic heterocycles. The van der Waals surface area contributed by atoms with Gasteiger partial charge >= 0.3 is 11.8 Å². The van der Waals surface area contributed by atoms with Crippen LogP contribution >= 0.6 is 0 Å². The molecule has 2 bridgehead atoms. The van der Waals surface area contributed by atoms with Crippen LogP contribution in [0.5, 0.6) is 0 Å². The number of hydrogen-bond donors (Lipinski definition) is 1. The SMILES string of the molecule is Cn1c(=O)n(C2CCC(=O)NC2=O)c2ccc(CCN3CC4C[C@@H]3CN4C(=O)OC(C)(C)C)cc21. The van der Waals surface area contributed by atoms with Crippen molar-refractivity contribution in [1.82, 2.24) is 24.3 Å². The zero-order valence-electron chi connectivity index (χ0n) is 20.7. The first kappa shape index (κ1) is 23.6. The summed E-state index contributed by atoms with van der Waals surface area (Å²) in [5.74, 6) is -0.726. The van der Waals surface area contributed by atoms with Crippen LogP contribution in [0, 0.1) is 0 Å². The molecule has 188 valence electrons. The number of aryl methyl sites for hydroxylation is 1. The average molecular weight is 484 g/mol. The predicted molar refractivity (Wildman–Crippen MR) is 129 cm³/mol. The molecule has 2 unspecified atom stereocenters.